The van der Waals surface area contributed by atoms with Crippen molar-refractivity contribution in [2.24, 2.45) is 0 Å². The number of aromatic nitrogens is 1. The minimum Gasteiger partial charge on any atom is -0.494 e. The van der Waals surface area contributed by atoms with Crippen LogP contribution >= 0.6 is 0 Å². The molecule has 128 valence electrons. The topological polar surface area (TPSA) is 54.6 Å². The van der Waals surface area contributed by atoms with Crippen molar-refractivity contribution in [3.8, 4) is 5.75 Å². The molecular weight excluding hydrogens is 300 g/mol. The first-order valence-electron chi connectivity index (χ1n) is 8.66. The van der Waals surface area contributed by atoms with Crippen molar-refractivity contribution in [3.63, 3.8) is 0 Å². The number of hydrogen-bond donors (Lipinski definition) is 1. The maximum absolute atomic E-state index is 5.75. The Bertz CT molecular complexity index is 644. The predicted molar refractivity (Wildman–Crippen MR) is 98.4 cm³/mol. The number of nitrogens with zero attached hydrogens (tertiary/aromatic N) is 3. The van der Waals surface area contributed by atoms with Crippen LogP contribution in [0.1, 0.15) is 18.9 Å². The molecule has 0 amide bonds. The van der Waals surface area contributed by atoms with E-state index in [2.05, 4.69) is 33.0 Å². The van der Waals surface area contributed by atoms with Crippen LogP contribution in [0.5, 0.6) is 5.75 Å². The molecule has 5 heteroatoms. The third-order valence-electron chi connectivity index (χ3n) is 4.35. The molecule has 0 aliphatic carbocycles. The van der Waals surface area contributed by atoms with Gasteiger partial charge in [-0.25, -0.2) is 4.98 Å². The number of hydrogen-bond acceptors (Lipinski definition) is 5. The highest BCUT2D eigenvalue weighted by atomic mass is 16.5. The smallest absolute Gasteiger partial charge is 0.128 e. The second kappa shape index (κ2) is 8.02. The monoisotopic (exact) mass is 326 g/mol. The van der Waals surface area contributed by atoms with E-state index < -0.39 is 0 Å². The number of pyridine rings is 1. The summed E-state index contributed by atoms with van der Waals surface area (Å²) in [6.45, 7) is 7.78. The number of nitrogen functional groups attached to an aromatic ring is 1. The zero-order valence-corrected chi connectivity index (χ0v) is 14.3. The Morgan fingerprint density at radius 2 is 1.96 bits per heavy atom. The first-order valence-corrected chi connectivity index (χ1v) is 8.66. The summed E-state index contributed by atoms with van der Waals surface area (Å²) in [6.07, 6.45) is 2.86. The summed E-state index contributed by atoms with van der Waals surface area (Å²) < 4.78 is 5.75. The van der Waals surface area contributed by atoms with Crippen LogP contribution < -0.4 is 15.4 Å². The van der Waals surface area contributed by atoms with Crippen LogP contribution in [0.2, 0.25) is 0 Å². The largest absolute Gasteiger partial charge is 0.494 e. The molecule has 0 saturated carbocycles. The first kappa shape index (κ1) is 16.6. The molecule has 0 spiro atoms. The normalized spacial score (nSPS) is 16.0. The molecule has 1 saturated heterocycles. The van der Waals surface area contributed by atoms with Gasteiger partial charge in [-0.2, -0.15) is 0 Å². The highest BCUT2D eigenvalue weighted by molar-refractivity contribution is 5.45. The average molecular weight is 326 g/mol. The molecule has 2 aromatic rings. The second-order valence-electron chi connectivity index (χ2n) is 6.11. The summed E-state index contributed by atoms with van der Waals surface area (Å²) in [5, 5.41) is 0. The third kappa shape index (κ3) is 4.17. The molecule has 24 heavy (non-hydrogen) atoms. The second-order valence-corrected chi connectivity index (χ2v) is 6.11. The van der Waals surface area contributed by atoms with Crippen LogP contribution in [0, 0.1) is 0 Å². The van der Waals surface area contributed by atoms with E-state index in [1.54, 1.807) is 6.20 Å². The molecule has 1 aliphatic heterocycles. The van der Waals surface area contributed by atoms with Crippen molar-refractivity contribution in [1.29, 1.82) is 0 Å². The number of para-hydroxylation sites is 1. The molecule has 0 bridgehead atoms. The van der Waals surface area contributed by atoms with E-state index in [0.717, 1.165) is 50.7 Å². The van der Waals surface area contributed by atoms with Crippen LogP contribution in [-0.4, -0.2) is 42.7 Å². The summed E-state index contributed by atoms with van der Waals surface area (Å²) in [6, 6.07) is 12.3. The lowest BCUT2D eigenvalue weighted by Crippen LogP contribution is -2.31. The minimum absolute atomic E-state index is 0.702. The van der Waals surface area contributed by atoms with Gasteiger partial charge < -0.3 is 15.4 Å². The number of nitrogens with two attached hydrogens (primary N) is 1. The maximum atomic E-state index is 5.75. The quantitative estimate of drug-likeness (QED) is 0.915. The molecule has 1 aliphatic rings. The Balaban J connectivity index is 1.62. The number of benzene rings is 1. The zero-order valence-electron chi connectivity index (χ0n) is 14.3. The Labute approximate surface area is 144 Å². The van der Waals surface area contributed by atoms with Gasteiger partial charge in [-0.05, 0) is 31.5 Å². The SMILES string of the molecule is CCOc1ccccc1CN1CCCN(c2ccc(N)cn2)CC1. The molecule has 0 atom stereocenters. The van der Waals surface area contributed by atoms with Crippen molar-refractivity contribution in [2.75, 3.05) is 43.4 Å². The summed E-state index contributed by atoms with van der Waals surface area (Å²) in [7, 11) is 0. The van der Waals surface area contributed by atoms with E-state index in [9.17, 15) is 0 Å². The Morgan fingerprint density at radius 3 is 2.75 bits per heavy atom. The molecule has 5 nitrogen and oxygen atoms in total. The number of ether oxygens (including phenoxy) is 1. The lowest BCUT2D eigenvalue weighted by Gasteiger charge is -2.23. The van der Waals surface area contributed by atoms with Gasteiger partial charge in [0.2, 0.25) is 0 Å². The lowest BCUT2D eigenvalue weighted by atomic mass is 10.2. The predicted octanol–water partition coefficient (Wildman–Crippen LogP) is 2.77. The van der Waals surface area contributed by atoms with E-state index >= 15 is 0 Å². The van der Waals surface area contributed by atoms with Gasteiger partial charge in [-0.15, -0.1) is 0 Å². The van der Waals surface area contributed by atoms with Gasteiger partial charge in [0.05, 0.1) is 18.5 Å². The van der Waals surface area contributed by atoms with E-state index in [4.69, 9.17) is 10.5 Å². The first-order chi connectivity index (χ1) is 11.8. The highest BCUT2D eigenvalue weighted by Crippen LogP contribution is 2.21. The molecule has 0 unspecified atom stereocenters. The van der Waals surface area contributed by atoms with E-state index in [-0.39, 0.29) is 0 Å². The zero-order chi connectivity index (χ0) is 16.8. The molecular formula is C19H26N4O. The van der Waals surface area contributed by atoms with Gasteiger partial charge >= 0.3 is 0 Å². The third-order valence-corrected chi connectivity index (χ3v) is 4.35. The van der Waals surface area contributed by atoms with Crippen molar-refractivity contribution < 1.29 is 4.74 Å². The standard InChI is InChI=1S/C19H26N4O/c1-2-24-18-7-4-3-6-16(18)15-22-10-5-11-23(13-12-22)19-9-8-17(20)14-21-19/h3-4,6-9,14H,2,5,10-13,15,20H2,1H3. The maximum Gasteiger partial charge on any atom is 0.128 e. The Kier molecular flexibility index (Phi) is 5.54. The van der Waals surface area contributed by atoms with Crippen LogP contribution in [0.3, 0.4) is 0 Å². The van der Waals surface area contributed by atoms with Gasteiger partial charge in [-0.1, -0.05) is 18.2 Å². The van der Waals surface area contributed by atoms with Gasteiger partial charge in [-0.3, -0.25) is 4.90 Å². The molecule has 2 N–H and O–H groups in total. The van der Waals surface area contributed by atoms with E-state index in [1.807, 2.05) is 25.1 Å². The van der Waals surface area contributed by atoms with Crippen LogP contribution in [0.15, 0.2) is 42.6 Å². The van der Waals surface area contributed by atoms with Gasteiger partial charge in [0.25, 0.3) is 0 Å². The molecule has 0 radical (unpaired) electrons. The van der Waals surface area contributed by atoms with Crippen molar-refractivity contribution in [2.45, 2.75) is 19.9 Å². The van der Waals surface area contributed by atoms with Crippen LogP contribution in [0.25, 0.3) is 0 Å². The van der Waals surface area contributed by atoms with E-state index in [0.29, 0.717) is 12.3 Å². The molecule has 2 heterocycles. The van der Waals surface area contributed by atoms with Crippen LogP contribution in [-0.2, 0) is 6.54 Å². The van der Waals surface area contributed by atoms with Gasteiger partial charge in [0.1, 0.15) is 11.6 Å². The number of anilines is 2. The van der Waals surface area contributed by atoms with Gasteiger partial charge in [0, 0.05) is 38.3 Å². The van der Waals surface area contributed by atoms with Crippen molar-refractivity contribution >= 4 is 11.5 Å². The average Bonchev–Trinajstić information content (AvgIpc) is 2.83. The molecule has 1 fully saturated rings. The summed E-state index contributed by atoms with van der Waals surface area (Å²) in [5.74, 6) is 2.02. The lowest BCUT2D eigenvalue weighted by molar-refractivity contribution is 0.274. The molecule has 1 aromatic carbocycles. The Hall–Kier alpha value is -2.27. The fraction of sp³-hybridized carbons (Fsp3) is 0.421. The fourth-order valence-electron chi connectivity index (χ4n) is 3.11. The highest BCUT2D eigenvalue weighted by Gasteiger charge is 2.17. The fourth-order valence-corrected chi connectivity index (χ4v) is 3.11. The summed E-state index contributed by atoms with van der Waals surface area (Å²) >= 11 is 0. The molecule has 3 rings (SSSR count). The van der Waals surface area contributed by atoms with Crippen LogP contribution in [0.4, 0.5) is 11.5 Å². The van der Waals surface area contributed by atoms with Crippen molar-refractivity contribution in [3.05, 3.63) is 48.2 Å². The number of rotatable bonds is 5. The Morgan fingerprint density at radius 1 is 1.08 bits per heavy atom. The summed E-state index contributed by atoms with van der Waals surface area (Å²) in [5.41, 5.74) is 7.71. The molecule has 1 aromatic heterocycles. The van der Waals surface area contributed by atoms with Gasteiger partial charge in [0.15, 0.2) is 0 Å². The summed E-state index contributed by atoms with van der Waals surface area (Å²) in [4.78, 5) is 9.29. The van der Waals surface area contributed by atoms with Crippen molar-refractivity contribution in [1.82, 2.24) is 9.88 Å². The minimum atomic E-state index is 0.702. The van der Waals surface area contributed by atoms with E-state index in [1.165, 1.54) is 5.56 Å².